The zero-order chi connectivity index (χ0) is 13.6. The number of nitrogens with one attached hydrogen (secondary N) is 1. The van der Waals surface area contributed by atoms with Crippen LogP contribution in [0.15, 0.2) is 24.3 Å². The molecule has 0 unspecified atom stereocenters. The van der Waals surface area contributed by atoms with Crippen molar-refractivity contribution >= 4 is 5.91 Å². The number of carbonyl (C=O) groups excluding carboxylic acids is 1. The molecule has 0 saturated heterocycles. The SMILES string of the molecule is COCc1cccc(C(=O)NC(C)(CO)CO)c1. The van der Waals surface area contributed by atoms with Gasteiger partial charge < -0.3 is 20.3 Å². The lowest BCUT2D eigenvalue weighted by atomic mass is 10.0. The third-order valence-corrected chi connectivity index (χ3v) is 2.61. The van der Waals surface area contributed by atoms with E-state index in [0.717, 1.165) is 5.56 Å². The molecule has 0 fully saturated rings. The average Bonchev–Trinajstić information content (AvgIpc) is 2.39. The van der Waals surface area contributed by atoms with Crippen molar-refractivity contribution in [2.45, 2.75) is 19.1 Å². The fourth-order valence-electron chi connectivity index (χ4n) is 1.44. The normalized spacial score (nSPS) is 11.3. The molecule has 100 valence electrons. The van der Waals surface area contributed by atoms with Crippen molar-refractivity contribution in [3.8, 4) is 0 Å². The van der Waals surface area contributed by atoms with Gasteiger partial charge in [-0.3, -0.25) is 4.79 Å². The van der Waals surface area contributed by atoms with Crippen molar-refractivity contribution in [3.63, 3.8) is 0 Å². The molecule has 0 heterocycles. The van der Waals surface area contributed by atoms with Gasteiger partial charge in [-0.05, 0) is 24.6 Å². The summed E-state index contributed by atoms with van der Waals surface area (Å²) in [6.07, 6.45) is 0. The summed E-state index contributed by atoms with van der Waals surface area (Å²) in [5, 5.41) is 20.8. The Labute approximate surface area is 106 Å². The molecule has 0 aliphatic heterocycles. The molecule has 1 aromatic rings. The predicted molar refractivity (Wildman–Crippen MR) is 67.2 cm³/mol. The summed E-state index contributed by atoms with van der Waals surface area (Å²) in [5.74, 6) is -0.335. The minimum Gasteiger partial charge on any atom is -0.394 e. The number of aliphatic hydroxyl groups is 2. The van der Waals surface area contributed by atoms with Gasteiger partial charge in [0.15, 0.2) is 0 Å². The molecule has 1 amide bonds. The van der Waals surface area contributed by atoms with Crippen LogP contribution in [-0.2, 0) is 11.3 Å². The van der Waals surface area contributed by atoms with Gasteiger partial charge >= 0.3 is 0 Å². The maximum Gasteiger partial charge on any atom is 0.251 e. The molecule has 1 aromatic carbocycles. The summed E-state index contributed by atoms with van der Waals surface area (Å²) in [6, 6.07) is 7.01. The van der Waals surface area contributed by atoms with Gasteiger partial charge in [0, 0.05) is 12.7 Å². The standard InChI is InChI=1S/C13H19NO4/c1-13(8-15,9-16)14-12(17)11-5-3-4-10(6-11)7-18-2/h3-6,15-16H,7-9H2,1-2H3,(H,14,17). The van der Waals surface area contributed by atoms with Gasteiger partial charge in [-0.15, -0.1) is 0 Å². The van der Waals surface area contributed by atoms with Crippen molar-refractivity contribution < 1.29 is 19.7 Å². The lowest BCUT2D eigenvalue weighted by Crippen LogP contribution is -2.51. The van der Waals surface area contributed by atoms with Gasteiger partial charge in [-0.2, -0.15) is 0 Å². The number of carbonyl (C=O) groups is 1. The van der Waals surface area contributed by atoms with Gasteiger partial charge in [0.25, 0.3) is 5.91 Å². The third-order valence-electron chi connectivity index (χ3n) is 2.61. The average molecular weight is 253 g/mol. The predicted octanol–water partition coefficient (Wildman–Crippen LogP) is 0.306. The lowest BCUT2D eigenvalue weighted by Gasteiger charge is -2.26. The molecule has 0 atom stereocenters. The van der Waals surface area contributed by atoms with Crippen LogP contribution in [0.1, 0.15) is 22.8 Å². The van der Waals surface area contributed by atoms with Crippen LogP contribution in [0, 0.1) is 0 Å². The van der Waals surface area contributed by atoms with Crippen molar-refractivity contribution in [2.24, 2.45) is 0 Å². The minimum absolute atomic E-state index is 0.326. The zero-order valence-electron chi connectivity index (χ0n) is 10.6. The Kier molecular flexibility index (Phi) is 5.27. The Bertz CT molecular complexity index is 402. The van der Waals surface area contributed by atoms with E-state index < -0.39 is 5.54 Å². The van der Waals surface area contributed by atoms with Gasteiger partial charge in [0.2, 0.25) is 0 Å². The summed E-state index contributed by atoms with van der Waals surface area (Å²) < 4.78 is 4.99. The molecule has 0 bridgehead atoms. The highest BCUT2D eigenvalue weighted by atomic mass is 16.5. The number of ether oxygens (including phenoxy) is 1. The number of rotatable bonds is 6. The summed E-state index contributed by atoms with van der Waals surface area (Å²) in [4.78, 5) is 12.0. The van der Waals surface area contributed by atoms with Crippen LogP contribution < -0.4 is 5.32 Å². The molecule has 0 spiro atoms. The highest BCUT2D eigenvalue weighted by molar-refractivity contribution is 5.94. The minimum atomic E-state index is -1.02. The van der Waals surface area contributed by atoms with E-state index >= 15 is 0 Å². The maximum absolute atomic E-state index is 12.0. The molecule has 0 aromatic heterocycles. The molecule has 0 saturated carbocycles. The van der Waals surface area contributed by atoms with Crippen molar-refractivity contribution in [2.75, 3.05) is 20.3 Å². The van der Waals surface area contributed by atoms with Crippen LogP contribution in [0.2, 0.25) is 0 Å². The summed E-state index contributed by atoms with van der Waals surface area (Å²) in [7, 11) is 1.58. The fourth-order valence-corrected chi connectivity index (χ4v) is 1.44. The van der Waals surface area contributed by atoms with E-state index in [-0.39, 0.29) is 19.1 Å². The van der Waals surface area contributed by atoms with Crippen LogP contribution in [0.5, 0.6) is 0 Å². The molecule has 5 heteroatoms. The van der Waals surface area contributed by atoms with E-state index in [1.54, 1.807) is 32.2 Å². The topological polar surface area (TPSA) is 78.8 Å². The first-order valence-electron chi connectivity index (χ1n) is 5.67. The Morgan fingerprint density at radius 2 is 2.06 bits per heavy atom. The second kappa shape index (κ2) is 6.49. The van der Waals surface area contributed by atoms with E-state index in [1.165, 1.54) is 0 Å². The van der Waals surface area contributed by atoms with Gasteiger partial charge in [-0.25, -0.2) is 0 Å². The zero-order valence-corrected chi connectivity index (χ0v) is 10.6. The number of benzene rings is 1. The molecule has 1 rings (SSSR count). The van der Waals surface area contributed by atoms with Crippen molar-refractivity contribution in [1.82, 2.24) is 5.32 Å². The number of aliphatic hydroxyl groups excluding tert-OH is 2. The van der Waals surface area contributed by atoms with E-state index in [4.69, 9.17) is 14.9 Å². The van der Waals surface area contributed by atoms with E-state index in [1.807, 2.05) is 6.07 Å². The van der Waals surface area contributed by atoms with Gasteiger partial charge in [0.05, 0.1) is 25.4 Å². The second-order valence-corrected chi connectivity index (χ2v) is 4.46. The largest absolute Gasteiger partial charge is 0.394 e. The highest BCUT2D eigenvalue weighted by Gasteiger charge is 2.25. The summed E-state index contributed by atoms with van der Waals surface area (Å²) in [5.41, 5.74) is 0.339. The van der Waals surface area contributed by atoms with Gasteiger partial charge in [-0.1, -0.05) is 12.1 Å². The Morgan fingerprint density at radius 1 is 1.39 bits per heavy atom. The fraction of sp³-hybridized carbons (Fsp3) is 0.462. The van der Waals surface area contributed by atoms with Crippen LogP contribution in [-0.4, -0.2) is 42.0 Å². The molecular formula is C13H19NO4. The number of amides is 1. The first kappa shape index (κ1) is 14.6. The van der Waals surface area contributed by atoms with Gasteiger partial charge in [0.1, 0.15) is 0 Å². The number of hydrogen-bond acceptors (Lipinski definition) is 4. The van der Waals surface area contributed by atoms with Crippen LogP contribution in [0.4, 0.5) is 0 Å². The Hall–Kier alpha value is -1.43. The second-order valence-electron chi connectivity index (χ2n) is 4.46. The third kappa shape index (κ3) is 3.80. The number of hydrogen-bond donors (Lipinski definition) is 3. The van der Waals surface area contributed by atoms with E-state index in [9.17, 15) is 4.79 Å². The molecular weight excluding hydrogens is 234 g/mol. The summed E-state index contributed by atoms with van der Waals surface area (Å²) in [6.45, 7) is 1.35. The molecule has 18 heavy (non-hydrogen) atoms. The quantitative estimate of drug-likeness (QED) is 0.681. The molecule has 3 N–H and O–H groups in total. The Balaban J connectivity index is 2.81. The molecule has 0 aliphatic rings. The van der Waals surface area contributed by atoms with Crippen molar-refractivity contribution in [1.29, 1.82) is 0 Å². The van der Waals surface area contributed by atoms with E-state index in [2.05, 4.69) is 5.32 Å². The maximum atomic E-state index is 12.0. The lowest BCUT2D eigenvalue weighted by molar-refractivity contribution is 0.0723. The molecule has 5 nitrogen and oxygen atoms in total. The first-order valence-corrected chi connectivity index (χ1v) is 5.67. The summed E-state index contributed by atoms with van der Waals surface area (Å²) >= 11 is 0. The van der Waals surface area contributed by atoms with Crippen LogP contribution >= 0.6 is 0 Å². The number of methoxy groups -OCH3 is 1. The first-order chi connectivity index (χ1) is 8.54. The highest BCUT2D eigenvalue weighted by Crippen LogP contribution is 2.09. The molecule has 0 aliphatic carbocycles. The van der Waals surface area contributed by atoms with Crippen molar-refractivity contribution in [3.05, 3.63) is 35.4 Å². The van der Waals surface area contributed by atoms with Crippen LogP contribution in [0.3, 0.4) is 0 Å². The van der Waals surface area contributed by atoms with E-state index in [0.29, 0.717) is 12.2 Å². The molecule has 0 radical (unpaired) electrons. The smallest absolute Gasteiger partial charge is 0.251 e. The Morgan fingerprint density at radius 3 is 2.61 bits per heavy atom. The monoisotopic (exact) mass is 253 g/mol. The van der Waals surface area contributed by atoms with Crippen LogP contribution in [0.25, 0.3) is 0 Å².